The highest BCUT2D eigenvalue weighted by Crippen LogP contribution is 2.21. The second-order valence-corrected chi connectivity index (χ2v) is 5.30. The standard InChI is InChI=1S/C17H16N2O3/c20-15-7-2-1-6-14(15)17(22)19-13-5-3-4-11(10-13)16(21)18-12-8-9-12/h1-7,10,12,20H,8-9H2,(H,18,21)(H,19,22). The molecule has 0 aromatic heterocycles. The van der Waals surface area contributed by atoms with Gasteiger partial charge in [-0.2, -0.15) is 0 Å². The van der Waals surface area contributed by atoms with Crippen LogP contribution in [0.4, 0.5) is 5.69 Å². The van der Waals surface area contributed by atoms with Crippen molar-refractivity contribution in [3.05, 3.63) is 59.7 Å². The minimum atomic E-state index is -0.419. The Morgan fingerprint density at radius 2 is 1.77 bits per heavy atom. The Balaban J connectivity index is 1.73. The van der Waals surface area contributed by atoms with Gasteiger partial charge in [-0.1, -0.05) is 18.2 Å². The van der Waals surface area contributed by atoms with Gasteiger partial charge in [0.1, 0.15) is 5.75 Å². The fourth-order valence-electron chi connectivity index (χ4n) is 2.10. The predicted molar refractivity (Wildman–Crippen MR) is 83.0 cm³/mol. The summed E-state index contributed by atoms with van der Waals surface area (Å²) in [6.07, 6.45) is 2.05. The molecule has 5 heteroatoms. The number of nitrogens with one attached hydrogen (secondary N) is 2. The van der Waals surface area contributed by atoms with Gasteiger partial charge in [0.2, 0.25) is 0 Å². The monoisotopic (exact) mass is 296 g/mol. The summed E-state index contributed by atoms with van der Waals surface area (Å²) in [4.78, 5) is 24.1. The quantitative estimate of drug-likeness (QED) is 0.811. The smallest absolute Gasteiger partial charge is 0.259 e. The van der Waals surface area contributed by atoms with Gasteiger partial charge >= 0.3 is 0 Å². The van der Waals surface area contributed by atoms with Gasteiger partial charge in [-0.05, 0) is 43.2 Å². The van der Waals surface area contributed by atoms with Crippen LogP contribution >= 0.6 is 0 Å². The maximum Gasteiger partial charge on any atom is 0.259 e. The third-order valence-corrected chi connectivity index (χ3v) is 3.44. The van der Waals surface area contributed by atoms with E-state index in [1.54, 1.807) is 36.4 Å². The lowest BCUT2D eigenvalue weighted by Crippen LogP contribution is -2.25. The summed E-state index contributed by atoms with van der Waals surface area (Å²) < 4.78 is 0. The highest BCUT2D eigenvalue weighted by atomic mass is 16.3. The van der Waals surface area contributed by atoms with E-state index in [0.29, 0.717) is 11.3 Å². The van der Waals surface area contributed by atoms with Crippen molar-refractivity contribution in [3.63, 3.8) is 0 Å². The van der Waals surface area contributed by atoms with Gasteiger partial charge in [-0.25, -0.2) is 0 Å². The van der Waals surface area contributed by atoms with Gasteiger partial charge in [0.15, 0.2) is 0 Å². The van der Waals surface area contributed by atoms with E-state index in [-0.39, 0.29) is 23.3 Å². The first-order chi connectivity index (χ1) is 10.6. The van der Waals surface area contributed by atoms with Crippen molar-refractivity contribution >= 4 is 17.5 Å². The van der Waals surface area contributed by atoms with E-state index >= 15 is 0 Å². The summed E-state index contributed by atoms with van der Waals surface area (Å²) in [5.74, 6) is -0.637. The number of phenols is 1. The number of hydrogen-bond donors (Lipinski definition) is 3. The molecule has 2 amide bonds. The molecule has 112 valence electrons. The Kier molecular flexibility index (Phi) is 3.78. The van der Waals surface area contributed by atoms with Crippen molar-refractivity contribution in [1.29, 1.82) is 0 Å². The molecule has 2 aromatic carbocycles. The molecule has 0 aliphatic heterocycles. The molecular formula is C17H16N2O3. The van der Waals surface area contributed by atoms with Crippen LogP contribution < -0.4 is 10.6 Å². The van der Waals surface area contributed by atoms with Crippen molar-refractivity contribution in [2.75, 3.05) is 5.32 Å². The Labute approximate surface area is 128 Å². The summed E-state index contributed by atoms with van der Waals surface area (Å²) in [7, 11) is 0. The van der Waals surface area contributed by atoms with Gasteiger partial charge in [0.05, 0.1) is 5.56 Å². The number of hydrogen-bond acceptors (Lipinski definition) is 3. The van der Waals surface area contributed by atoms with Crippen LogP contribution in [-0.4, -0.2) is 23.0 Å². The molecule has 0 heterocycles. The van der Waals surface area contributed by atoms with E-state index < -0.39 is 5.91 Å². The molecule has 5 nitrogen and oxygen atoms in total. The minimum absolute atomic E-state index is 0.0809. The van der Waals surface area contributed by atoms with E-state index in [9.17, 15) is 14.7 Å². The molecule has 2 aromatic rings. The number of para-hydroxylation sites is 1. The number of carbonyl (C=O) groups is 2. The van der Waals surface area contributed by atoms with Crippen LogP contribution in [0.3, 0.4) is 0 Å². The lowest BCUT2D eigenvalue weighted by Gasteiger charge is -2.09. The summed E-state index contributed by atoms with van der Waals surface area (Å²) in [5, 5.41) is 15.3. The molecule has 0 unspecified atom stereocenters. The average Bonchev–Trinajstić information content (AvgIpc) is 3.32. The topological polar surface area (TPSA) is 78.4 Å². The summed E-state index contributed by atoms with van der Waals surface area (Å²) in [6.45, 7) is 0. The van der Waals surface area contributed by atoms with Crippen molar-refractivity contribution < 1.29 is 14.7 Å². The minimum Gasteiger partial charge on any atom is -0.507 e. The van der Waals surface area contributed by atoms with Crippen LogP contribution in [-0.2, 0) is 0 Å². The van der Waals surface area contributed by atoms with Crippen LogP contribution in [0.5, 0.6) is 5.75 Å². The molecule has 1 aliphatic rings. The number of phenolic OH excluding ortho intramolecular Hbond substituents is 1. The third-order valence-electron chi connectivity index (χ3n) is 3.44. The zero-order valence-electron chi connectivity index (χ0n) is 11.9. The van der Waals surface area contributed by atoms with Crippen molar-refractivity contribution in [1.82, 2.24) is 5.32 Å². The number of carbonyl (C=O) groups excluding carboxylic acids is 2. The maximum atomic E-state index is 12.1. The molecule has 0 radical (unpaired) electrons. The second kappa shape index (κ2) is 5.89. The molecule has 0 bridgehead atoms. The Morgan fingerprint density at radius 3 is 2.50 bits per heavy atom. The molecule has 3 rings (SSSR count). The maximum absolute atomic E-state index is 12.1. The molecule has 0 atom stereocenters. The fraction of sp³-hybridized carbons (Fsp3) is 0.176. The van der Waals surface area contributed by atoms with E-state index in [1.165, 1.54) is 12.1 Å². The van der Waals surface area contributed by atoms with E-state index in [4.69, 9.17) is 0 Å². The highest BCUT2D eigenvalue weighted by molar-refractivity contribution is 6.06. The zero-order chi connectivity index (χ0) is 15.5. The second-order valence-electron chi connectivity index (χ2n) is 5.30. The lowest BCUT2D eigenvalue weighted by molar-refractivity contribution is 0.0949. The van der Waals surface area contributed by atoms with Crippen LogP contribution in [0.1, 0.15) is 33.6 Å². The average molecular weight is 296 g/mol. The number of rotatable bonds is 4. The van der Waals surface area contributed by atoms with Crippen molar-refractivity contribution in [2.24, 2.45) is 0 Å². The predicted octanol–water partition coefficient (Wildman–Crippen LogP) is 2.54. The summed E-state index contributed by atoms with van der Waals surface area (Å²) in [5.41, 5.74) is 1.20. The zero-order valence-corrected chi connectivity index (χ0v) is 11.9. The normalized spacial score (nSPS) is 13.5. The van der Waals surface area contributed by atoms with Gasteiger partial charge in [0, 0.05) is 17.3 Å². The highest BCUT2D eigenvalue weighted by Gasteiger charge is 2.23. The SMILES string of the molecule is O=C(NC1CC1)c1cccc(NC(=O)c2ccccc2O)c1. The molecule has 0 saturated heterocycles. The Hall–Kier alpha value is -2.82. The number of aromatic hydroxyl groups is 1. The molecule has 22 heavy (non-hydrogen) atoms. The molecule has 3 N–H and O–H groups in total. The van der Waals surface area contributed by atoms with Crippen LogP contribution in [0.15, 0.2) is 48.5 Å². The van der Waals surface area contributed by atoms with Crippen LogP contribution in [0, 0.1) is 0 Å². The Bertz CT molecular complexity index is 723. The summed E-state index contributed by atoms with van der Waals surface area (Å²) in [6, 6.07) is 13.3. The molecular weight excluding hydrogens is 280 g/mol. The van der Waals surface area contributed by atoms with E-state index in [1.807, 2.05) is 0 Å². The molecule has 1 aliphatic carbocycles. The van der Waals surface area contributed by atoms with E-state index in [0.717, 1.165) is 12.8 Å². The lowest BCUT2D eigenvalue weighted by atomic mass is 10.1. The molecule has 1 saturated carbocycles. The number of amides is 2. The first kappa shape index (κ1) is 14.1. The Morgan fingerprint density at radius 1 is 1.00 bits per heavy atom. The van der Waals surface area contributed by atoms with Crippen molar-refractivity contribution in [2.45, 2.75) is 18.9 Å². The van der Waals surface area contributed by atoms with Crippen molar-refractivity contribution in [3.8, 4) is 5.75 Å². The summed E-state index contributed by atoms with van der Waals surface area (Å²) >= 11 is 0. The van der Waals surface area contributed by atoms with Crippen LogP contribution in [0.25, 0.3) is 0 Å². The first-order valence-electron chi connectivity index (χ1n) is 7.14. The van der Waals surface area contributed by atoms with Gasteiger partial charge in [-0.15, -0.1) is 0 Å². The van der Waals surface area contributed by atoms with Gasteiger partial charge in [-0.3, -0.25) is 9.59 Å². The first-order valence-corrected chi connectivity index (χ1v) is 7.14. The van der Waals surface area contributed by atoms with E-state index in [2.05, 4.69) is 10.6 Å². The number of anilines is 1. The number of benzene rings is 2. The molecule has 0 spiro atoms. The van der Waals surface area contributed by atoms with Gasteiger partial charge in [0.25, 0.3) is 11.8 Å². The van der Waals surface area contributed by atoms with Crippen LogP contribution in [0.2, 0.25) is 0 Å². The largest absolute Gasteiger partial charge is 0.507 e. The van der Waals surface area contributed by atoms with Gasteiger partial charge < -0.3 is 15.7 Å². The fourth-order valence-corrected chi connectivity index (χ4v) is 2.10. The molecule has 1 fully saturated rings. The third kappa shape index (κ3) is 3.25.